The first-order valence-electron chi connectivity index (χ1n) is 6.92. The van der Waals surface area contributed by atoms with Crippen molar-refractivity contribution >= 4 is 0 Å². The summed E-state index contributed by atoms with van der Waals surface area (Å²) in [6.45, 7) is 8.06. The normalized spacial score (nSPS) is 28.9. The van der Waals surface area contributed by atoms with Gasteiger partial charge in [0.05, 0.1) is 0 Å². The lowest BCUT2D eigenvalue weighted by molar-refractivity contribution is 0.108. The van der Waals surface area contributed by atoms with Gasteiger partial charge in [-0.05, 0) is 45.3 Å². The Balaban J connectivity index is 2.39. The minimum atomic E-state index is 0.325. The molecule has 3 nitrogen and oxygen atoms in total. The molecule has 1 fully saturated rings. The summed E-state index contributed by atoms with van der Waals surface area (Å²) in [6, 6.07) is 0.359. The molecule has 0 aromatic carbocycles. The zero-order chi connectivity index (χ0) is 13.1. The molecule has 1 aliphatic rings. The Morgan fingerprint density at radius 2 is 1.82 bits per heavy atom. The van der Waals surface area contributed by atoms with Crippen molar-refractivity contribution < 1.29 is 0 Å². The summed E-state index contributed by atoms with van der Waals surface area (Å²) in [4.78, 5) is 4.67. The van der Waals surface area contributed by atoms with Crippen molar-refractivity contribution in [1.29, 1.82) is 0 Å². The molecular weight excluding hydrogens is 210 g/mol. The van der Waals surface area contributed by atoms with Gasteiger partial charge in [-0.15, -0.1) is 0 Å². The maximum absolute atomic E-state index is 6.42. The summed E-state index contributed by atoms with van der Waals surface area (Å²) in [5, 5.41) is 0. The van der Waals surface area contributed by atoms with E-state index >= 15 is 0 Å². The molecule has 2 N–H and O–H groups in total. The van der Waals surface area contributed by atoms with E-state index in [-0.39, 0.29) is 0 Å². The van der Waals surface area contributed by atoms with E-state index in [4.69, 9.17) is 5.73 Å². The maximum atomic E-state index is 6.42. The third kappa shape index (κ3) is 4.57. The number of hydrogen-bond donors (Lipinski definition) is 1. The summed E-state index contributed by atoms with van der Waals surface area (Å²) in [6.07, 6.45) is 3.93. The molecule has 0 aliphatic heterocycles. The van der Waals surface area contributed by atoms with Gasteiger partial charge in [0.25, 0.3) is 0 Å². The Morgan fingerprint density at radius 3 is 2.41 bits per heavy atom. The summed E-state index contributed by atoms with van der Waals surface area (Å²) in [7, 11) is 6.48. The lowest BCUT2D eigenvalue weighted by Gasteiger charge is -2.43. The molecule has 0 spiro atoms. The van der Waals surface area contributed by atoms with Crippen LogP contribution in [-0.2, 0) is 0 Å². The molecule has 1 aliphatic carbocycles. The zero-order valence-corrected chi connectivity index (χ0v) is 12.4. The van der Waals surface area contributed by atoms with Gasteiger partial charge in [-0.2, -0.15) is 0 Å². The van der Waals surface area contributed by atoms with E-state index in [0.717, 1.165) is 19.6 Å². The molecule has 0 aromatic rings. The maximum Gasteiger partial charge on any atom is 0.0131 e. The standard InChI is InChI=1S/C14H31N3/c1-14(2)8-6-7-12(13(14)15)11-17(5)10-9-16(3)4/h12-13H,6-11,15H2,1-5H3. The fourth-order valence-electron chi connectivity index (χ4n) is 2.87. The van der Waals surface area contributed by atoms with Crippen molar-refractivity contribution in [2.75, 3.05) is 40.8 Å². The minimum Gasteiger partial charge on any atom is -0.327 e. The number of nitrogens with zero attached hydrogens (tertiary/aromatic N) is 2. The number of nitrogens with two attached hydrogens (primary N) is 1. The van der Waals surface area contributed by atoms with E-state index in [2.05, 4.69) is 44.8 Å². The Labute approximate surface area is 107 Å². The molecule has 2 atom stereocenters. The second-order valence-corrected chi connectivity index (χ2v) is 6.73. The van der Waals surface area contributed by atoms with Crippen LogP contribution in [0.5, 0.6) is 0 Å². The molecule has 0 heterocycles. The first-order chi connectivity index (χ1) is 7.83. The number of rotatable bonds is 5. The van der Waals surface area contributed by atoms with Crippen LogP contribution in [0.4, 0.5) is 0 Å². The van der Waals surface area contributed by atoms with Crippen LogP contribution in [-0.4, -0.2) is 56.6 Å². The molecule has 102 valence electrons. The predicted octanol–water partition coefficient (Wildman–Crippen LogP) is 1.63. The fraction of sp³-hybridized carbons (Fsp3) is 1.00. The van der Waals surface area contributed by atoms with E-state index in [9.17, 15) is 0 Å². The summed E-state index contributed by atoms with van der Waals surface area (Å²) >= 11 is 0. The van der Waals surface area contributed by atoms with Crippen molar-refractivity contribution in [3.8, 4) is 0 Å². The molecule has 0 saturated heterocycles. The van der Waals surface area contributed by atoms with Crippen molar-refractivity contribution in [1.82, 2.24) is 9.80 Å². The van der Waals surface area contributed by atoms with Crippen LogP contribution in [0.3, 0.4) is 0 Å². The largest absolute Gasteiger partial charge is 0.327 e. The highest BCUT2D eigenvalue weighted by molar-refractivity contribution is 4.92. The van der Waals surface area contributed by atoms with Crippen LogP contribution in [0.15, 0.2) is 0 Å². The Bertz CT molecular complexity index is 226. The molecule has 0 bridgehead atoms. The zero-order valence-electron chi connectivity index (χ0n) is 12.4. The van der Waals surface area contributed by atoms with Crippen LogP contribution in [0.1, 0.15) is 33.1 Å². The molecule has 2 unspecified atom stereocenters. The average Bonchev–Trinajstić information content (AvgIpc) is 2.22. The van der Waals surface area contributed by atoms with Gasteiger partial charge in [-0.1, -0.05) is 20.3 Å². The lowest BCUT2D eigenvalue weighted by Crippen LogP contribution is -2.50. The molecule has 1 rings (SSSR count). The number of hydrogen-bond acceptors (Lipinski definition) is 3. The second kappa shape index (κ2) is 6.17. The van der Waals surface area contributed by atoms with E-state index < -0.39 is 0 Å². The van der Waals surface area contributed by atoms with Crippen LogP contribution in [0, 0.1) is 11.3 Å². The van der Waals surface area contributed by atoms with Crippen molar-refractivity contribution in [3.05, 3.63) is 0 Å². The van der Waals surface area contributed by atoms with Crippen LogP contribution in [0.2, 0.25) is 0 Å². The minimum absolute atomic E-state index is 0.325. The van der Waals surface area contributed by atoms with Gasteiger partial charge < -0.3 is 15.5 Å². The van der Waals surface area contributed by atoms with Crippen LogP contribution in [0.25, 0.3) is 0 Å². The van der Waals surface area contributed by atoms with E-state index in [0.29, 0.717) is 17.4 Å². The molecular formula is C14H31N3. The Kier molecular flexibility index (Phi) is 5.42. The monoisotopic (exact) mass is 241 g/mol. The van der Waals surface area contributed by atoms with Crippen molar-refractivity contribution in [2.45, 2.75) is 39.2 Å². The molecule has 0 amide bonds. The van der Waals surface area contributed by atoms with Gasteiger partial charge in [0.1, 0.15) is 0 Å². The third-order valence-corrected chi connectivity index (χ3v) is 4.28. The summed E-state index contributed by atoms with van der Waals surface area (Å²) < 4.78 is 0. The molecule has 3 heteroatoms. The highest BCUT2D eigenvalue weighted by atomic mass is 15.1. The van der Waals surface area contributed by atoms with Crippen LogP contribution >= 0.6 is 0 Å². The first-order valence-corrected chi connectivity index (χ1v) is 6.92. The van der Waals surface area contributed by atoms with E-state index in [1.165, 1.54) is 19.3 Å². The second-order valence-electron chi connectivity index (χ2n) is 6.73. The third-order valence-electron chi connectivity index (χ3n) is 4.28. The predicted molar refractivity (Wildman–Crippen MR) is 75.1 cm³/mol. The first kappa shape index (κ1) is 14.9. The van der Waals surface area contributed by atoms with Crippen molar-refractivity contribution in [2.24, 2.45) is 17.1 Å². The van der Waals surface area contributed by atoms with Gasteiger partial charge in [0, 0.05) is 25.7 Å². The smallest absolute Gasteiger partial charge is 0.0131 e. The van der Waals surface area contributed by atoms with Gasteiger partial charge >= 0.3 is 0 Å². The SMILES string of the molecule is CN(C)CCN(C)CC1CCCC(C)(C)C1N. The highest BCUT2D eigenvalue weighted by Crippen LogP contribution is 2.37. The van der Waals surface area contributed by atoms with Gasteiger partial charge in [-0.3, -0.25) is 0 Å². The van der Waals surface area contributed by atoms with Gasteiger partial charge in [0.2, 0.25) is 0 Å². The molecule has 0 radical (unpaired) electrons. The molecule has 1 saturated carbocycles. The highest BCUT2D eigenvalue weighted by Gasteiger charge is 2.36. The quantitative estimate of drug-likeness (QED) is 0.794. The van der Waals surface area contributed by atoms with Crippen molar-refractivity contribution in [3.63, 3.8) is 0 Å². The van der Waals surface area contributed by atoms with E-state index in [1.54, 1.807) is 0 Å². The summed E-state index contributed by atoms with van der Waals surface area (Å²) in [5.74, 6) is 0.672. The van der Waals surface area contributed by atoms with E-state index in [1.807, 2.05) is 0 Å². The number of likely N-dealkylation sites (N-methyl/N-ethyl adjacent to an activating group) is 2. The molecule has 0 aromatic heterocycles. The Hall–Kier alpha value is -0.120. The topological polar surface area (TPSA) is 32.5 Å². The Morgan fingerprint density at radius 1 is 1.18 bits per heavy atom. The van der Waals surface area contributed by atoms with Crippen LogP contribution < -0.4 is 5.73 Å². The summed E-state index contributed by atoms with van der Waals surface area (Å²) in [5.41, 5.74) is 6.75. The molecule has 17 heavy (non-hydrogen) atoms. The average molecular weight is 241 g/mol. The fourth-order valence-corrected chi connectivity index (χ4v) is 2.87. The lowest BCUT2D eigenvalue weighted by atomic mass is 9.68. The van der Waals surface area contributed by atoms with Gasteiger partial charge in [0.15, 0.2) is 0 Å². The van der Waals surface area contributed by atoms with Gasteiger partial charge in [-0.25, -0.2) is 0 Å².